The highest BCUT2D eigenvalue weighted by atomic mass is 16.5. The van der Waals surface area contributed by atoms with E-state index in [2.05, 4.69) is 15.1 Å². The maximum atomic E-state index is 13.0. The van der Waals surface area contributed by atoms with Gasteiger partial charge in [0.25, 0.3) is 11.8 Å². The summed E-state index contributed by atoms with van der Waals surface area (Å²) in [7, 11) is 0. The number of aromatic nitrogens is 3. The van der Waals surface area contributed by atoms with Crippen LogP contribution < -0.4 is 0 Å². The van der Waals surface area contributed by atoms with Gasteiger partial charge in [0.15, 0.2) is 11.9 Å². The van der Waals surface area contributed by atoms with Gasteiger partial charge in [-0.2, -0.15) is 4.98 Å². The second-order valence-electron chi connectivity index (χ2n) is 6.24. The molecular weight excluding hydrogens is 320 g/mol. The number of nitrogens with zero attached hydrogens (tertiary/aromatic N) is 4. The lowest BCUT2D eigenvalue weighted by atomic mass is 10.1. The topological polar surface area (TPSA) is 81.4 Å². The molecule has 3 heterocycles. The van der Waals surface area contributed by atoms with E-state index in [1.54, 1.807) is 18.0 Å². The van der Waals surface area contributed by atoms with Crippen molar-refractivity contribution in [2.24, 2.45) is 0 Å². The largest absolute Gasteiger partial charge is 0.362 e. The number of fused-ring (bicyclic) bond motifs is 1. The average Bonchev–Trinajstić information content (AvgIpc) is 3.06. The SMILES string of the molecule is Cc1noc([C@H]2CN(C(=O)c3ccc4ncccc4c3)C[C@@H](C)O2)n1. The van der Waals surface area contributed by atoms with Gasteiger partial charge in [0, 0.05) is 23.7 Å². The normalized spacial score (nSPS) is 20.8. The number of morpholine rings is 1. The summed E-state index contributed by atoms with van der Waals surface area (Å²) < 4.78 is 11.1. The molecule has 1 saturated heterocycles. The van der Waals surface area contributed by atoms with Gasteiger partial charge in [-0.15, -0.1) is 0 Å². The molecule has 1 aromatic carbocycles. The van der Waals surface area contributed by atoms with E-state index < -0.39 is 6.10 Å². The zero-order chi connectivity index (χ0) is 17.4. The van der Waals surface area contributed by atoms with Gasteiger partial charge in [0.05, 0.1) is 18.2 Å². The van der Waals surface area contributed by atoms with Crippen LogP contribution in [0.1, 0.15) is 35.1 Å². The van der Waals surface area contributed by atoms with Crippen molar-refractivity contribution in [3.63, 3.8) is 0 Å². The Morgan fingerprint density at radius 3 is 2.96 bits per heavy atom. The van der Waals surface area contributed by atoms with Crippen LogP contribution in [0, 0.1) is 6.92 Å². The summed E-state index contributed by atoms with van der Waals surface area (Å²) in [5, 5.41) is 4.75. The Balaban J connectivity index is 1.59. The van der Waals surface area contributed by atoms with Crippen molar-refractivity contribution in [2.45, 2.75) is 26.1 Å². The highest BCUT2D eigenvalue weighted by molar-refractivity contribution is 5.98. The molecule has 0 N–H and O–H groups in total. The monoisotopic (exact) mass is 338 g/mol. The fourth-order valence-corrected chi connectivity index (χ4v) is 3.09. The zero-order valence-corrected chi connectivity index (χ0v) is 14.0. The molecule has 7 nitrogen and oxygen atoms in total. The Morgan fingerprint density at radius 1 is 1.28 bits per heavy atom. The van der Waals surface area contributed by atoms with E-state index in [-0.39, 0.29) is 12.0 Å². The van der Waals surface area contributed by atoms with Crippen LogP contribution >= 0.6 is 0 Å². The Kier molecular flexibility index (Phi) is 3.93. The number of carbonyl (C=O) groups is 1. The van der Waals surface area contributed by atoms with Crippen LogP contribution in [-0.4, -0.2) is 45.1 Å². The standard InChI is InChI=1S/C18H18N4O3/c1-11-9-22(10-16(24-11)17-20-12(2)21-25-17)18(23)14-5-6-15-13(8-14)4-3-7-19-15/h3-8,11,16H,9-10H2,1-2H3/t11-,16-/m1/s1. The average molecular weight is 338 g/mol. The van der Waals surface area contributed by atoms with E-state index in [0.717, 1.165) is 10.9 Å². The number of pyridine rings is 1. The van der Waals surface area contributed by atoms with Gasteiger partial charge < -0.3 is 14.2 Å². The van der Waals surface area contributed by atoms with E-state index in [4.69, 9.17) is 9.26 Å². The number of aryl methyl sites for hydroxylation is 1. The van der Waals surface area contributed by atoms with Crippen molar-refractivity contribution in [3.05, 3.63) is 53.8 Å². The van der Waals surface area contributed by atoms with Crippen molar-refractivity contribution < 1.29 is 14.1 Å². The molecule has 25 heavy (non-hydrogen) atoms. The molecule has 0 saturated carbocycles. The van der Waals surface area contributed by atoms with Crippen molar-refractivity contribution in [1.82, 2.24) is 20.0 Å². The van der Waals surface area contributed by atoms with Gasteiger partial charge in [-0.25, -0.2) is 0 Å². The van der Waals surface area contributed by atoms with E-state index >= 15 is 0 Å². The molecule has 1 aliphatic heterocycles. The minimum Gasteiger partial charge on any atom is -0.362 e. The van der Waals surface area contributed by atoms with Gasteiger partial charge in [-0.05, 0) is 38.1 Å². The molecule has 0 unspecified atom stereocenters. The Hall–Kier alpha value is -2.80. The smallest absolute Gasteiger partial charge is 0.257 e. The highest BCUT2D eigenvalue weighted by Crippen LogP contribution is 2.25. The van der Waals surface area contributed by atoms with Gasteiger partial charge in [0.2, 0.25) is 0 Å². The number of benzene rings is 1. The predicted octanol–water partition coefficient (Wildman–Crippen LogP) is 2.53. The van der Waals surface area contributed by atoms with Crippen LogP contribution in [0.15, 0.2) is 41.1 Å². The summed E-state index contributed by atoms with van der Waals surface area (Å²) in [5.41, 5.74) is 1.50. The van der Waals surface area contributed by atoms with Crippen LogP contribution in [0.4, 0.5) is 0 Å². The molecule has 3 aromatic rings. The van der Waals surface area contributed by atoms with E-state index in [1.165, 1.54) is 0 Å². The third kappa shape index (κ3) is 3.10. The van der Waals surface area contributed by atoms with Crippen molar-refractivity contribution >= 4 is 16.8 Å². The molecule has 0 bridgehead atoms. The van der Waals surface area contributed by atoms with E-state index in [0.29, 0.717) is 30.4 Å². The van der Waals surface area contributed by atoms with Gasteiger partial charge >= 0.3 is 0 Å². The second kappa shape index (κ2) is 6.25. The first-order chi connectivity index (χ1) is 12.1. The van der Waals surface area contributed by atoms with Crippen molar-refractivity contribution in [2.75, 3.05) is 13.1 Å². The molecule has 1 aliphatic rings. The number of rotatable bonds is 2. The minimum atomic E-state index is -0.406. The summed E-state index contributed by atoms with van der Waals surface area (Å²) in [6, 6.07) is 9.36. The number of hydrogen-bond acceptors (Lipinski definition) is 6. The maximum Gasteiger partial charge on any atom is 0.257 e. The number of ether oxygens (including phenoxy) is 1. The van der Waals surface area contributed by atoms with E-state index in [1.807, 2.05) is 37.3 Å². The molecule has 2 aromatic heterocycles. The fraction of sp³-hybridized carbons (Fsp3) is 0.333. The molecule has 2 atom stereocenters. The van der Waals surface area contributed by atoms with Gasteiger partial charge in [-0.3, -0.25) is 9.78 Å². The quantitative estimate of drug-likeness (QED) is 0.714. The summed E-state index contributed by atoms with van der Waals surface area (Å²) in [6.45, 7) is 4.59. The molecule has 0 radical (unpaired) electrons. The molecule has 1 amide bonds. The number of carbonyl (C=O) groups excluding carboxylic acids is 1. The first-order valence-corrected chi connectivity index (χ1v) is 8.20. The van der Waals surface area contributed by atoms with Gasteiger partial charge in [0.1, 0.15) is 0 Å². The van der Waals surface area contributed by atoms with Crippen LogP contribution in [0.2, 0.25) is 0 Å². The van der Waals surface area contributed by atoms with Crippen LogP contribution in [-0.2, 0) is 4.74 Å². The second-order valence-corrected chi connectivity index (χ2v) is 6.24. The van der Waals surface area contributed by atoms with Gasteiger partial charge in [-0.1, -0.05) is 11.2 Å². The van der Waals surface area contributed by atoms with Crippen LogP contribution in [0.5, 0.6) is 0 Å². The summed E-state index contributed by atoms with van der Waals surface area (Å²) in [4.78, 5) is 23.2. The third-order valence-electron chi connectivity index (χ3n) is 4.22. The summed E-state index contributed by atoms with van der Waals surface area (Å²) >= 11 is 0. The lowest BCUT2D eigenvalue weighted by Crippen LogP contribution is -2.46. The molecule has 0 spiro atoms. The highest BCUT2D eigenvalue weighted by Gasteiger charge is 2.33. The molecule has 1 fully saturated rings. The van der Waals surface area contributed by atoms with Crippen LogP contribution in [0.25, 0.3) is 10.9 Å². The molecular formula is C18H18N4O3. The van der Waals surface area contributed by atoms with Crippen LogP contribution in [0.3, 0.4) is 0 Å². The fourth-order valence-electron chi connectivity index (χ4n) is 3.09. The first kappa shape index (κ1) is 15.7. The lowest BCUT2D eigenvalue weighted by molar-refractivity contribution is -0.0810. The predicted molar refractivity (Wildman–Crippen MR) is 90.0 cm³/mol. The molecule has 7 heteroatoms. The van der Waals surface area contributed by atoms with E-state index in [9.17, 15) is 4.79 Å². The Morgan fingerprint density at radius 2 is 2.16 bits per heavy atom. The summed E-state index contributed by atoms with van der Waals surface area (Å²) in [6.07, 6.45) is 1.22. The Bertz CT molecular complexity index is 923. The molecule has 0 aliphatic carbocycles. The molecule has 128 valence electrons. The molecule has 4 rings (SSSR count). The Labute approximate surface area is 144 Å². The number of hydrogen-bond donors (Lipinski definition) is 0. The number of amides is 1. The maximum absolute atomic E-state index is 13.0. The first-order valence-electron chi connectivity index (χ1n) is 8.20. The third-order valence-corrected chi connectivity index (χ3v) is 4.22. The summed E-state index contributed by atoms with van der Waals surface area (Å²) in [5.74, 6) is 0.920. The zero-order valence-electron chi connectivity index (χ0n) is 14.0. The minimum absolute atomic E-state index is 0.0397. The lowest BCUT2D eigenvalue weighted by Gasteiger charge is -2.35. The van der Waals surface area contributed by atoms with Crippen molar-refractivity contribution in [3.8, 4) is 0 Å². The van der Waals surface area contributed by atoms with Crippen molar-refractivity contribution in [1.29, 1.82) is 0 Å².